The molecule has 2 unspecified atom stereocenters. The number of hydrogen-bond acceptors (Lipinski definition) is 2. The molecule has 0 spiro atoms. The van der Waals surface area contributed by atoms with Crippen LogP contribution in [0.5, 0.6) is 0 Å². The molecular formula is C14H30N2. The lowest BCUT2D eigenvalue weighted by Crippen LogP contribution is -2.49. The number of nitrogens with two attached hydrogens (primary N) is 1. The highest BCUT2D eigenvalue weighted by Crippen LogP contribution is 2.32. The van der Waals surface area contributed by atoms with Crippen molar-refractivity contribution in [3.05, 3.63) is 0 Å². The van der Waals surface area contributed by atoms with Crippen molar-refractivity contribution in [3.63, 3.8) is 0 Å². The van der Waals surface area contributed by atoms with Crippen molar-refractivity contribution in [1.82, 2.24) is 4.90 Å². The highest BCUT2D eigenvalue weighted by Gasteiger charge is 2.31. The molecule has 0 bridgehead atoms. The van der Waals surface area contributed by atoms with Gasteiger partial charge in [-0.3, -0.25) is 4.90 Å². The molecule has 1 saturated carbocycles. The molecule has 96 valence electrons. The highest BCUT2D eigenvalue weighted by molar-refractivity contribution is 4.85. The zero-order valence-corrected chi connectivity index (χ0v) is 11.6. The summed E-state index contributed by atoms with van der Waals surface area (Å²) in [5.74, 6) is 1.70. The topological polar surface area (TPSA) is 29.3 Å². The first-order chi connectivity index (χ1) is 7.60. The van der Waals surface area contributed by atoms with E-state index in [1.54, 1.807) is 0 Å². The maximum atomic E-state index is 6.00. The average molecular weight is 226 g/mol. The summed E-state index contributed by atoms with van der Waals surface area (Å²) in [4.78, 5) is 2.65. The summed E-state index contributed by atoms with van der Waals surface area (Å²) in [5.41, 5.74) is 6.00. The van der Waals surface area contributed by atoms with Crippen LogP contribution in [0.3, 0.4) is 0 Å². The zero-order valence-electron chi connectivity index (χ0n) is 11.6. The molecule has 0 aliphatic heterocycles. The van der Waals surface area contributed by atoms with Crippen molar-refractivity contribution in [2.24, 2.45) is 17.6 Å². The minimum atomic E-state index is 0.584. The third-order valence-corrected chi connectivity index (χ3v) is 3.90. The maximum absolute atomic E-state index is 6.00. The van der Waals surface area contributed by atoms with E-state index in [0.717, 1.165) is 18.4 Å². The Balaban J connectivity index is 2.55. The second-order valence-electron chi connectivity index (χ2n) is 5.80. The molecule has 1 aliphatic carbocycles. The van der Waals surface area contributed by atoms with Crippen LogP contribution < -0.4 is 5.73 Å². The molecule has 0 radical (unpaired) electrons. The molecule has 2 nitrogen and oxygen atoms in total. The second kappa shape index (κ2) is 6.61. The Hall–Kier alpha value is -0.0800. The van der Waals surface area contributed by atoms with Crippen LogP contribution in [0.15, 0.2) is 0 Å². The van der Waals surface area contributed by atoms with E-state index in [4.69, 9.17) is 5.73 Å². The van der Waals surface area contributed by atoms with E-state index in [1.165, 1.54) is 32.2 Å². The van der Waals surface area contributed by atoms with Crippen LogP contribution in [0.2, 0.25) is 0 Å². The molecule has 16 heavy (non-hydrogen) atoms. The first kappa shape index (κ1) is 14.0. The molecular weight excluding hydrogens is 196 g/mol. The third kappa shape index (κ3) is 4.06. The predicted octanol–water partition coefficient (Wildman–Crippen LogP) is 2.87. The van der Waals surface area contributed by atoms with Gasteiger partial charge in [0.05, 0.1) is 0 Å². The fraction of sp³-hybridized carbons (Fsp3) is 1.00. The highest BCUT2D eigenvalue weighted by atomic mass is 15.2. The fourth-order valence-corrected chi connectivity index (χ4v) is 2.67. The van der Waals surface area contributed by atoms with E-state index in [-0.39, 0.29) is 0 Å². The van der Waals surface area contributed by atoms with Crippen molar-refractivity contribution in [2.75, 3.05) is 13.1 Å². The standard InChI is InChI=1S/C14H30N2/c1-5-6-12(4)14(9-15)16(11(2)3)10-13-7-8-13/h11-14H,5-10,15H2,1-4H3. The Morgan fingerprint density at radius 3 is 2.25 bits per heavy atom. The van der Waals surface area contributed by atoms with Crippen LogP contribution in [-0.4, -0.2) is 30.1 Å². The van der Waals surface area contributed by atoms with Crippen LogP contribution >= 0.6 is 0 Å². The van der Waals surface area contributed by atoms with Crippen molar-refractivity contribution < 1.29 is 0 Å². The van der Waals surface area contributed by atoms with Gasteiger partial charge in [-0.2, -0.15) is 0 Å². The van der Waals surface area contributed by atoms with Gasteiger partial charge in [0.1, 0.15) is 0 Å². The van der Waals surface area contributed by atoms with Crippen molar-refractivity contribution in [2.45, 2.75) is 65.5 Å². The van der Waals surface area contributed by atoms with E-state index in [1.807, 2.05) is 0 Å². The minimum Gasteiger partial charge on any atom is -0.329 e. The lowest BCUT2D eigenvalue weighted by Gasteiger charge is -2.38. The van der Waals surface area contributed by atoms with Gasteiger partial charge in [-0.15, -0.1) is 0 Å². The molecule has 1 aliphatic rings. The number of hydrogen-bond donors (Lipinski definition) is 1. The van der Waals surface area contributed by atoms with Gasteiger partial charge in [0.15, 0.2) is 0 Å². The summed E-state index contributed by atoms with van der Waals surface area (Å²) in [6.45, 7) is 11.3. The summed E-state index contributed by atoms with van der Waals surface area (Å²) in [5, 5.41) is 0. The van der Waals surface area contributed by atoms with Gasteiger partial charge in [-0.05, 0) is 44.9 Å². The van der Waals surface area contributed by atoms with Gasteiger partial charge >= 0.3 is 0 Å². The SMILES string of the molecule is CCCC(C)C(CN)N(CC1CC1)C(C)C. The average Bonchev–Trinajstić information content (AvgIpc) is 3.01. The maximum Gasteiger partial charge on any atom is 0.0246 e. The zero-order chi connectivity index (χ0) is 12.1. The molecule has 0 aromatic carbocycles. The van der Waals surface area contributed by atoms with Crippen molar-refractivity contribution >= 4 is 0 Å². The molecule has 1 fully saturated rings. The number of nitrogens with zero attached hydrogens (tertiary/aromatic N) is 1. The largest absolute Gasteiger partial charge is 0.329 e. The first-order valence-corrected chi connectivity index (χ1v) is 7.05. The quantitative estimate of drug-likeness (QED) is 0.689. The van der Waals surface area contributed by atoms with E-state index in [0.29, 0.717) is 12.1 Å². The minimum absolute atomic E-state index is 0.584. The Bertz CT molecular complexity index is 187. The molecule has 0 heterocycles. The van der Waals surface area contributed by atoms with E-state index >= 15 is 0 Å². The van der Waals surface area contributed by atoms with E-state index in [9.17, 15) is 0 Å². The lowest BCUT2D eigenvalue weighted by molar-refractivity contribution is 0.107. The molecule has 2 atom stereocenters. The summed E-state index contributed by atoms with van der Waals surface area (Å²) < 4.78 is 0. The van der Waals surface area contributed by atoms with Crippen LogP contribution in [0, 0.1) is 11.8 Å². The molecule has 1 rings (SSSR count). The van der Waals surface area contributed by atoms with E-state index < -0.39 is 0 Å². The first-order valence-electron chi connectivity index (χ1n) is 7.05. The second-order valence-corrected chi connectivity index (χ2v) is 5.80. The van der Waals surface area contributed by atoms with Crippen LogP contribution in [0.4, 0.5) is 0 Å². The molecule has 0 aromatic rings. The normalized spacial score (nSPS) is 20.4. The van der Waals surface area contributed by atoms with Crippen LogP contribution in [-0.2, 0) is 0 Å². The molecule has 0 saturated heterocycles. The summed E-state index contributed by atoms with van der Waals surface area (Å²) in [6.07, 6.45) is 5.44. The molecule has 2 N–H and O–H groups in total. The summed E-state index contributed by atoms with van der Waals surface area (Å²) in [7, 11) is 0. The van der Waals surface area contributed by atoms with Crippen molar-refractivity contribution in [3.8, 4) is 0 Å². The Morgan fingerprint density at radius 1 is 1.25 bits per heavy atom. The summed E-state index contributed by atoms with van der Waals surface area (Å²) in [6, 6.07) is 1.22. The number of rotatable bonds is 8. The third-order valence-electron chi connectivity index (χ3n) is 3.90. The van der Waals surface area contributed by atoms with Gasteiger partial charge in [0, 0.05) is 25.2 Å². The summed E-state index contributed by atoms with van der Waals surface area (Å²) >= 11 is 0. The predicted molar refractivity (Wildman–Crippen MR) is 71.5 cm³/mol. The van der Waals surface area contributed by atoms with E-state index in [2.05, 4.69) is 32.6 Å². The van der Waals surface area contributed by atoms with Gasteiger partial charge < -0.3 is 5.73 Å². The fourth-order valence-electron chi connectivity index (χ4n) is 2.67. The smallest absolute Gasteiger partial charge is 0.0246 e. The monoisotopic (exact) mass is 226 g/mol. The van der Waals surface area contributed by atoms with Gasteiger partial charge in [0.25, 0.3) is 0 Å². The molecule has 2 heteroatoms. The van der Waals surface area contributed by atoms with Gasteiger partial charge in [-0.1, -0.05) is 20.3 Å². The van der Waals surface area contributed by atoms with Crippen LogP contribution in [0.1, 0.15) is 53.4 Å². The van der Waals surface area contributed by atoms with Crippen LogP contribution in [0.25, 0.3) is 0 Å². The Kier molecular flexibility index (Phi) is 5.77. The Labute approximate surface area is 102 Å². The Morgan fingerprint density at radius 2 is 1.88 bits per heavy atom. The van der Waals surface area contributed by atoms with Gasteiger partial charge in [0.2, 0.25) is 0 Å². The van der Waals surface area contributed by atoms with Crippen molar-refractivity contribution in [1.29, 1.82) is 0 Å². The lowest BCUT2D eigenvalue weighted by atomic mass is 9.94. The van der Waals surface area contributed by atoms with Gasteiger partial charge in [-0.25, -0.2) is 0 Å². The molecule has 0 aromatic heterocycles. The molecule has 0 amide bonds.